The van der Waals surface area contributed by atoms with Gasteiger partial charge in [0.05, 0.1) is 10.9 Å². The Morgan fingerprint density at radius 1 is 1.24 bits per heavy atom. The van der Waals surface area contributed by atoms with Crippen LogP contribution in [0.4, 0.5) is 4.39 Å². The van der Waals surface area contributed by atoms with Crippen LogP contribution < -0.4 is 5.43 Å². The Balaban J connectivity index is 2.39. The van der Waals surface area contributed by atoms with Crippen molar-refractivity contribution in [2.75, 3.05) is 0 Å². The lowest BCUT2D eigenvalue weighted by atomic mass is 10.0. The van der Waals surface area contributed by atoms with Crippen LogP contribution in [0.5, 0.6) is 0 Å². The standard InChI is InChI=1S/C16H12ClFN2O/c1-2-20-9-12(10-3-5-11(18)6-4-10)15(21)14-13(20)7-8-19-16(14)17/h3-9H,2H2,1H3. The molecule has 2 heterocycles. The van der Waals surface area contributed by atoms with Gasteiger partial charge in [0.25, 0.3) is 0 Å². The number of fused-ring (bicyclic) bond motifs is 1. The smallest absolute Gasteiger partial charge is 0.200 e. The number of pyridine rings is 2. The van der Waals surface area contributed by atoms with Crippen LogP contribution in [0, 0.1) is 5.82 Å². The molecule has 3 nitrogen and oxygen atoms in total. The quantitative estimate of drug-likeness (QED) is 0.673. The van der Waals surface area contributed by atoms with Crippen LogP contribution in [-0.2, 0) is 6.54 Å². The van der Waals surface area contributed by atoms with Crippen LogP contribution in [-0.4, -0.2) is 9.55 Å². The zero-order valence-corrected chi connectivity index (χ0v) is 12.1. The van der Waals surface area contributed by atoms with Crippen LogP contribution in [0.25, 0.3) is 22.0 Å². The van der Waals surface area contributed by atoms with Gasteiger partial charge in [0.15, 0.2) is 5.43 Å². The zero-order chi connectivity index (χ0) is 15.0. The van der Waals surface area contributed by atoms with E-state index >= 15 is 0 Å². The summed E-state index contributed by atoms with van der Waals surface area (Å²) in [4.78, 5) is 16.7. The van der Waals surface area contributed by atoms with Crippen LogP contribution >= 0.6 is 11.6 Å². The molecule has 0 aliphatic heterocycles. The molecule has 1 aromatic carbocycles. The maximum absolute atomic E-state index is 13.1. The van der Waals surface area contributed by atoms with E-state index in [0.29, 0.717) is 23.1 Å². The van der Waals surface area contributed by atoms with E-state index in [4.69, 9.17) is 11.6 Å². The van der Waals surface area contributed by atoms with Crippen LogP contribution in [0.3, 0.4) is 0 Å². The zero-order valence-electron chi connectivity index (χ0n) is 11.3. The van der Waals surface area contributed by atoms with Gasteiger partial charge < -0.3 is 4.57 Å². The number of benzene rings is 1. The fourth-order valence-electron chi connectivity index (χ4n) is 2.39. The molecule has 0 amide bonds. The normalized spacial score (nSPS) is 11.0. The van der Waals surface area contributed by atoms with E-state index in [0.717, 1.165) is 5.52 Å². The third-order valence-electron chi connectivity index (χ3n) is 3.44. The van der Waals surface area contributed by atoms with Crippen molar-refractivity contribution in [1.82, 2.24) is 9.55 Å². The van der Waals surface area contributed by atoms with E-state index in [9.17, 15) is 9.18 Å². The lowest BCUT2D eigenvalue weighted by Crippen LogP contribution is -2.12. The molecule has 0 N–H and O–H groups in total. The summed E-state index contributed by atoms with van der Waals surface area (Å²) in [6.45, 7) is 2.66. The Morgan fingerprint density at radius 3 is 2.62 bits per heavy atom. The molecule has 0 aliphatic carbocycles. The summed E-state index contributed by atoms with van der Waals surface area (Å²) in [7, 11) is 0. The second kappa shape index (κ2) is 5.30. The van der Waals surface area contributed by atoms with Crippen LogP contribution in [0.2, 0.25) is 5.15 Å². The predicted octanol–water partition coefficient (Wildman–Crippen LogP) is 3.88. The van der Waals surface area contributed by atoms with Crippen LogP contribution in [0.15, 0.2) is 47.5 Å². The molecule has 0 atom stereocenters. The van der Waals surface area contributed by atoms with E-state index in [-0.39, 0.29) is 16.4 Å². The summed E-state index contributed by atoms with van der Waals surface area (Å²) in [5.74, 6) is -0.338. The monoisotopic (exact) mass is 302 g/mol. The molecular weight excluding hydrogens is 291 g/mol. The van der Waals surface area contributed by atoms with Crippen molar-refractivity contribution < 1.29 is 4.39 Å². The van der Waals surface area contributed by atoms with Gasteiger partial charge in [0.2, 0.25) is 0 Å². The molecule has 106 valence electrons. The number of nitrogens with zero attached hydrogens (tertiary/aromatic N) is 2. The highest BCUT2D eigenvalue weighted by atomic mass is 35.5. The minimum Gasteiger partial charge on any atom is -0.347 e. The number of hydrogen-bond acceptors (Lipinski definition) is 2. The largest absolute Gasteiger partial charge is 0.347 e. The fraction of sp³-hybridized carbons (Fsp3) is 0.125. The van der Waals surface area contributed by atoms with Crippen molar-refractivity contribution in [2.45, 2.75) is 13.5 Å². The van der Waals surface area contributed by atoms with E-state index in [2.05, 4.69) is 4.98 Å². The molecule has 21 heavy (non-hydrogen) atoms. The number of aryl methyl sites for hydroxylation is 1. The number of hydrogen-bond donors (Lipinski definition) is 0. The molecule has 0 fully saturated rings. The molecule has 0 unspecified atom stereocenters. The summed E-state index contributed by atoms with van der Waals surface area (Å²) in [6, 6.07) is 7.60. The Bertz CT molecular complexity index is 872. The van der Waals surface area contributed by atoms with Crippen molar-refractivity contribution in [3.05, 3.63) is 63.9 Å². The highest BCUT2D eigenvalue weighted by Gasteiger charge is 2.13. The van der Waals surface area contributed by atoms with Crippen molar-refractivity contribution in [2.24, 2.45) is 0 Å². The van der Waals surface area contributed by atoms with Gasteiger partial charge in [-0.1, -0.05) is 23.7 Å². The van der Waals surface area contributed by atoms with Gasteiger partial charge in [-0.25, -0.2) is 9.37 Å². The summed E-state index contributed by atoms with van der Waals surface area (Å²) in [5, 5.41) is 0.575. The topological polar surface area (TPSA) is 34.9 Å². The highest BCUT2D eigenvalue weighted by Crippen LogP contribution is 2.23. The lowest BCUT2D eigenvalue weighted by Gasteiger charge is -2.12. The van der Waals surface area contributed by atoms with Gasteiger partial charge in [-0.15, -0.1) is 0 Å². The van der Waals surface area contributed by atoms with Crippen molar-refractivity contribution in [3.63, 3.8) is 0 Å². The summed E-state index contributed by atoms with van der Waals surface area (Å²) in [6.07, 6.45) is 3.35. The van der Waals surface area contributed by atoms with Crippen LogP contribution in [0.1, 0.15) is 6.92 Å². The maximum Gasteiger partial charge on any atom is 0.200 e. The average molecular weight is 303 g/mol. The minimum absolute atomic E-state index is 0.184. The molecule has 0 bridgehead atoms. The van der Waals surface area contributed by atoms with E-state index in [1.54, 1.807) is 30.6 Å². The van der Waals surface area contributed by atoms with Crippen molar-refractivity contribution in [3.8, 4) is 11.1 Å². The first-order chi connectivity index (χ1) is 10.1. The number of aromatic nitrogens is 2. The van der Waals surface area contributed by atoms with Gasteiger partial charge in [-0.2, -0.15) is 0 Å². The first kappa shape index (κ1) is 13.8. The van der Waals surface area contributed by atoms with Gasteiger partial charge in [-0.3, -0.25) is 4.79 Å². The Kier molecular flexibility index (Phi) is 3.47. The third-order valence-corrected chi connectivity index (χ3v) is 3.73. The lowest BCUT2D eigenvalue weighted by molar-refractivity contribution is 0.628. The van der Waals surface area contributed by atoms with Gasteiger partial charge in [-0.05, 0) is 30.7 Å². The Morgan fingerprint density at radius 2 is 1.95 bits per heavy atom. The molecule has 3 rings (SSSR count). The van der Waals surface area contributed by atoms with E-state index in [1.165, 1.54) is 12.1 Å². The maximum atomic E-state index is 13.1. The fourth-order valence-corrected chi connectivity index (χ4v) is 2.63. The Hall–Kier alpha value is -2.20. The SMILES string of the molecule is CCn1cc(-c2ccc(F)cc2)c(=O)c2c(Cl)nccc21. The first-order valence-electron chi connectivity index (χ1n) is 6.55. The number of rotatable bonds is 2. The minimum atomic E-state index is -0.338. The van der Waals surface area contributed by atoms with Gasteiger partial charge in [0.1, 0.15) is 11.0 Å². The second-order valence-electron chi connectivity index (χ2n) is 4.66. The van der Waals surface area contributed by atoms with E-state index in [1.807, 2.05) is 11.5 Å². The molecular formula is C16H12ClFN2O. The Labute approximate surface area is 125 Å². The van der Waals surface area contributed by atoms with Crippen molar-refractivity contribution in [1.29, 1.82) is 0 Å². The molecule has 0 radical (unpaired) electrons. The second-order valence-corrected chi connectivity index (χ2v) is 5.02. The van der Waals surface area contributed by atoms with Gasteiger partial charge in [0, 0.05) is 24.5 Å². The van der Waals surface area contributed by atoms with Gasteiger partial charge >= 0.3 is 0 Å². The first-order valence-corrected chi connectivity index (χ1v) is 6.93. The molecule has 5 heteroatoms. The molecule has 0 spiro atoms. The average Bonchev–Trinajstić information content (AvgIpc) is 2.49. The van der Waals surface area contributed by atoms with Crippen molar-refractivity contribution >= 4 is 22.5 Å². The molecule has 0 aliphatic rings. The molecule has 2 aromatic heterocycles. The third kappa shape index (κ3) is 2.32. The molecule has 3 aromatic rings. The number of halogens is 2. The predicted molar refractivity (Wildman–Crippen MR) is 82.1 cm³/mol. The summed E-state index contributed by atoms with van der Waals surface area (Å²) < 4.78 is 15.0. The molecule has 0 saturated heterocycles. The summed E-state index contributed by atoms with van der Waals surface area (Å²) >= 11 is 6.09. The highest BCUT2D eigenvalue weighted by molar-refractivity contribution is 6.34. The molecule has 0 saturated carbocycles. The van der Waals surface area contributed by atoms with E-state index < -0.39 is 0 Å². The summed E-state index contributed by atoms with van der Waals surface area (Å²) in [5.41, 5.74) is 1.69.